The summed E-state index contributed by atoms with van der Waals surface area (Å²) in [5.74, 6) is 0.750. The van der Waals surface area contributed by atoms with Crippen molar-refractivity contribution in [2.75, 3.05) is 34.8 Å². The van der Waals surface area contributed by atoms with E-state index in [1.54, 1.807) is 18.2 Å². The van der Waals surface area contributed by atoms with Gasteiger partial charge in [0.05, 0.1) is 30.3 Å². The van der Waals surface area contributed by atoms with Gasteiger partial charge in [-0.15, -0.1) is 0 Å². The smallest absolute Gasteiger partial charge is 0.414 e. The summed E-state index contributed by atoms with van der Waals surface area (Å²) in [5.41, 5.74) is -0.323. The van der Waals surface area contributed by atoms with Crippen LogP contribution in [0.5, 0.6) is 0 Å². The molecular weight excluding hydrogens is 399 g/mol. The third-order valence-corrected chi connectivity index (χ3v) is 6.65. The molecule has 1 amide bonds. The van der Waals surface area contributed by atoms with E-state index in [0.29, 0.717) is 42.4 Å². The van der Waals surface area contributed by atoms with E-state index in [-0.39, 0.29) is 12.1 Å². The maximum absolute atomic E-state index is 14.9. The normalized spacial score (nSPS) is 26.8. The second-order valence-electron chi connectivity index (χ2n) is 7.09. The van der Waals surface area contributed by atoms with Gasteiger partial charge in [0.25, 0.3) is 0 Å². The van der Waals surface area contributed by atoms with E-state index in [0.717, 1.165) is 0 Å². The predicted octanol–water partition coefficient (Wildman–Crippen LogP) is 2.55. The van der Waals surface area contributed by atoms with Gasteiger partial charge >= 0.3 is 6.09 Å². The van der Waals surface area contributed by atoms with Gasteiger partial charge in [-0.3, -0.25) is 9.11 Å². The van der Waals surface area contributed by atoms with Crippen molar-refractivity contribution in [2.45, 2.75) is 24.4 Å². The molecule has 29 heavy (non-hydrogen) atoms. The first-order valence-electron chi connectivity index (χ1n) is 9.19. The Bertz CT molecular complexity index is 965. The highest BCUT2D eigenvalue weighted by Crippen LogP contribution is 2.38. The van der Waals surface area contributed by atoms with Crippen LogP contribution in [0.15, 0.2) is 35.1 Å². The molecule has 1 N–H and O–H groups in total. The first-order valence-corrected chi connectivity index (χ1v) is 10.7. The van der Waals surface area contributed by atoms with Crippen LogP contribution in [-0.4, -0.2) is 46.2 Å². The Balaban J connectivity index is 1.48. The highest BCUT2D eigenvalue weighted by atomic mass is 32.2. The number of carbonyl (C=O) groups is 1. The summed E-state index contributed by atoms with van der Waals surface area (Å²) in [6.07, 6.45) is 1.15. The molecular formula is C19H19FN4O4S. The standard InChI is InChI=1S/C19H19FN4O4S/c20-16-9-13(1-2-15(16)19(12-21)4-7-29(26)8-5-19)24-11-14(28-18(24)25)10-22-17-3-6-27-23-17/h1-3,6,9,14H,4-5,7-8,10-11H2,(H,22,23)/t14-,19?,29?/m0/s1. The Labute approximate surface area is 169 Å². The molecule has 10 heteroatoms. The van der Waals surface area contributed by atoms with Crippen LogP contribution in [0.25, 0.3) is 0 Å². The van der Waals surface area contributed by atoms with Crippen molar-refractivity contribution in [3.63, 3.8) is 0 Å². The van der Waals surface area contributed by atoms with Crippen LogP contribution >= 0.6 is 0 Å². The van der Waals surface area contributed by atoms with Gasteiger partial charge in [-0.25, -0.2) is 9.18 Å². The lowest BCUT2D eigenvalue weighted by molar-refractivity contribution is 0.147. The van der Waals surface area contributed by atoms with E-state index in [2.05, 4.69) is 16.5 Å². The summed E-state index contributed by atoms with van der Waals surface area (Å²) in [6, 6.07) is 8.31. The number of nitrogens with zero attached hydrogens (tertiary/aromatic N) is 3. The van der Waals surface area contributed by atoms with E-state index < -0.39 is 34.2 Å². The first kappa shape index (κ1) is 19.4. The molecule has 0 radical (unpaired) electrons. The molecule has 2 aliphatic heterocycles. The van der Waals surface area contributed by atoms with Crippen LogP contribution < -0.4 is 10.2 Å². The number of nitrogens with one attached hydrogen (secondary N) is 1. The topological polar surface area (TPSA) is 108 Å². The summed E-state index contributed by atoms with van der Waals surface area (Å²) >= 11 is 0. The molecule has 1 aromatic heterocycles. The summed E-state index contributed by atoms with van der Waals surface area (Å²) in [4.78, 5) is 13.6. The van der Waals surface area contributed by atoms with Crippen LogP contribution in [0, 0.1) is 17.1 Å². The zero-order valence-corrected chi connectivity index (χ0v) is 16.3. The molecule has 8 nitrogen and oxygen atoms in total. The zero-order valence-electron chi connectivity index (χ0n) is 15.5. The molecule has 4 rings (SSSR count). The highest BCUT2D eigenvalue weighted by molar-refractivity contribution is 7.85. The largest absolute Gasteiger partial charge is 0.442 e. The Morgan fingerprint density at radius 3 is 2.83 bits per heavy atom. The van der Waals surface area contributed by atoms with Gasteiger partial charge in [0.1, 0.15) is 18.2 Å². The number of halogens is 1. The van der Waals surface area contributed by atoms with Crippen molar-refractivity contribution < 1.29 is 22.7 Å². The number of rotatable bonds is 5. The van der Waals surface area contributed by atoms with Crippen molar-refractivity contribution >= 4 is 28.4 Å². The number of ether oxygens (including phenoxy) is 1. The molecule has 2 aliphatic rings. The lowest BCUT2D eigenvalue weighted by Crippen LogP contribution is -2.34. The number of nitriles is 1. The Morgan fingerprint density at radius 2 is 2.17 bits per heavy atom. The average Bonchev–Trinajstić information content (AvgIpc) is 3.37. The molecule has 1 atom stereocenters. The molecule has 0 bridgehead atoms. The predicted molar refractivity (Wildman–Crippen MR) is 103 cm³/mol. The van der Waals surface area contributed by atoms with Crippen molar-refractivity contribution in [1.29, 1.82) is 5.26 Å². The van der Waals surface area contributed by atoms with Crippen LogP contribution in [0.2, 0.25) is 0 Å². The number of carbonyl (C=O) groups excluding carboxylic acids is 1. The lowest BCUT2D eigenvalue weighted by Gasteiger charge is -2.31. The second-order valence-corrected chi connectivity index (χ2v) is 8.78. The number of hydrogen-bond acceptors (Lipinski definition) is 7. The van der Waals surface area contributed by atoms with E-state index >= 15 is 0 Å². The molecule has 0 spiro atoms. The van der Waals surface area contributed by atoms with Crippen molar-refractivity contribution in [3.05, 3.63) is 41.9 Å². The average molecular weight is 418 g/mol. The van der Waals surface area contributed by atoms with E-state index in [4.69, 9.17) is 9.26 Å². The van der Waals surface area contributed by atoms with Gasteiger partial charge in [0.2, 0.25) is 0 Å². The number of cyclic esters (lactones) is 1. The maximum Gasteiger partial charge on any atom is 0.414 e. The minimum atomic E-state index is -0.980. The van der Waals surface area contributed by atoms with Crippen LogP contribution in [0.4, 0.5) is 20.7 Å². The Hall–Kier alpha value is -2.93. The van der Waals surface area contributed by atoms with Crippen LogP contribution in [-0.2, 0) is 21.0 Å². The number of amides is 1. The molecule has 0 unspecified atom stereocenters. The summed E-state index contributed by atoms with van der Waals surface area (Å²) in [7, 11) is -0.957. The van der Waals surface area contributed by atoms with Gasteiger partial charge in [-0.1, -0.05) is 11.2 Å². The maximum atomic E-state index is 14.9. The molecule has 2 aromatic rings. The highest BCUT2D eigenvalue weighted by Gasteiger charge is 2.39. The quantitative estimate of drug-likeness (QED) is 0.795. The van der Waals surface area contributed by atoms with E-state index in [9.17, 15) is 18.7 Å². The molecule has 152 valence electrons. The van der Waals surface area contributed by atoms with E-state index in [1.165, 1.54) is 17.2 Å². The monoisotopic (exact) mass is 418 g/mol. The van der Waals surface area contributed by atoms with Crippen LogP contribution in [0.1, 0.15) is 18.4 Å². The van der Waals surface area contributed by atoms with Gasteiger partial charge < -0.3 is 14.6 Å². The Kier molecular flexibility index (Phi) is 5.24. The fourth-order valence-electron chi connectivity index (χ4n) is 3.67. The van der Waals surface area contributed by atoms with E-state index in [1.807, 2.05) is 0 Å². The first-order chi connectivity index (χ1) is 14.0. The van der Waals surface area contributed by atoms with Gasteiger partial charge in [-0.05, 0) is 25.0 Å². The fourth-order valence-corrected chi connectivity index (χ4v) is 5.02. The molecule has 0 aliphatic carbocycles. The van der Waals surface area contributed by atoms with Gasteiger partial charge in [0.15, 0.2) is 5.82 Å². The fraction of sp³-hybridized carbons (Fsp3) is 0.421. The third kappa shape index (κ3) is 3.82. The number of hydrogen-bond donors (Lipinski definition) is 1. The molecule has 2 saturated heterocycles. The number of benzene rings is 1. The lowest BCUT2D eigenvalue weighted by atomic mass is 9.76. The van der Waals surface area contributed by atoms with Crippen molar-refractivity contribution in [3.8, 4) is 6.07 Å². The van der Waals surface area contributed by atoms with Gasteiger partial charge in [0, 0.05) is 33.9 Å². The summed E-state index contributed by atoms with van der Waals surface area (Å²) in [5, 5.41) is 16.4. The minimum absolute atomic E-state index is 0.255. The SMILES string of the molecule is N#CC1(c2ccc(N3C[C@H](CNc4ccon4)OC3=O)cc2F)CCS(=O)CC1. The third-order valence-electron chi connectivity index (χ3n) is 5.33. The molecule has 2 fully saturated rings. The summed E-state index contributed by atoms with van der Waals surface area (Å²) < 4.78 is 36.6. The number of aromatic nitrogens is 1. The molecule has 0 saturated carbocycles. The number of anilines is 2. The molecule has 1 aromatic carbocycles. The van der Waals surface area contributed by atoms with Crippen LogP contribution in [0.3, 0.4) is 0 Å². The van der Waals surface area contributed by atoms with Crippen molar-refractivity contribution in [2.24, 2.45) is 0 Å². The van der Waals surface area contributed by atoms with Crippen molar-refractivity contribution in [1.82, 2.24) is 5.16 Å². The van der Waals surface area contributed by atoms with Gasteiger partial charge in [-0.2, -0.15) is 5.26 Å². The molecule has 3 heterocycles. The Morgan fingerprint density at radius 1 is 1.38 bits per heavy atom. The second kappa shape index (κ2) is 7.83. The zero-order chi connectivity index (χ0) is 20.4. The summed E-state index contributed by atoms with van der Waals surface area (Å²) in [6.45, 7) is 0.592. The minimum Gasteiger partial charge on any atom is -0.442 e.